The first kappa shape index (κ1) is 15.9. The third kappa shape index (κ3) is 2.76. The molecule has 1 unspecified atom stereocenters. The second-order valence-corrected chi connectivity index (χ2v) is 7.45. The minimum absolute atomic E-state index is 0.0855. The Bertz CT molecular complexity index is 640. The standard InChI is InChI=1S/C11H11Cl3N2O3S/c12-6-4-7(13)10(8(14)5-6)20(18,19)16-3-1-2-9(16)11(15)17/h4-5,9H,1-3H2,(H2,15,17). The molecule has 2 N–H and O–H groups in total. The summed E-state index contributed by atoms with van der Waals surface area (Å²) in [6.07, 6.45) is 0.938. The first-order chi connectivity index (χ1) is 9.25. The van der Waals surface area contributed by atoms with Crippen LogP contribution in [0.4, 0.5) is 0 Å². The third-order valence-corrected chi connectivity index (χ3v) is 6.11. The maximum Gasteiger partial charge on any atom is 0.246 e. The summed E-state index contributed by atoms with van der Waals surface area (Å²) in [5.74, 6) is -0.688. The molecule has 0 bridgehead atoms. The number of rotatable bonds is 3. The summed E-state index contributed by atoms with van der Waals surface area (Å²) in [6, 6.07) is 1.71. The highest BCUT2D eigenvalue weighted by Crippen LogP contribution is 2.36. The molecule has 0 aromatic heterocycles. The van der Waals surface area contributed by atoms with Gasteiger partial charge in [-0.2, -0.15) is 4.31 Å². The van der Waals surface area contributed by atoms with Crippen LogP contribution in [-0.4, -0.2) is 31.2 Å². The normalized spacial score (nSPS) is 20.2. The molecular weight excluding hydrogens is 347 g/mol. The van der Waals surface area contributed by atoms with Gasteiger partial charge in [0.05, 0.1) is 10.0 Å². The van der Waals surface area contributed by atoms with Crippen molar-refractivity contribution in [2.24, 2.45) is 5.73 Å². The number of halogens is 3. The van der Waals surface area contributed by atoms with Crippen molar-refractivity contribution < 1.29 is 13.2 Å². The van der Waals surface area contributed by atoms with Gasteiger partial charge in [-0.25, -0.2) is 8.42 Å². The Labute approximate surface area is 131 Å². The van der Waals surface area contributed by atoms with Gasteiger partial charge in [0.15, 0.2) is 0 Å². The maximum absolute atomic E-state index is 12.6. The molecule has 1 saturated heterocycles. The number of sulfonamides is 1. The lowest BCUT2D eigenvalue weighted by Crippen LogP contribution is -2.43. The molecule has 110 valence electrons. The van der Waals surface area contributed by atoms with E-state index in [4.69, 9.17) is 40.5 Å². The summed E-state index contributed by atoms with van der Waals surface area (Å²) < 4.78 is 26.3. The molecule has 1 aliphatic rings. The van der Waals surface area contributed by atoms with Crippen molar-refractivity contribution in [3.8, 4) is 0 Å². The van der Waals surface area contributed by atoms with Crippen molar-refractivity contribution in [1.82, 2.24) is 4.31 Å². The van der Waals surface area contributed by atoms with E-state index in [9.17, 15) is 13.2 Å². The molecule has 2 rings (SSSR count). The van der Waals surface area contributed by atoms with Crippen molar-refractivity contribution in [2.45, 2.75) is 23.8 Å². The molecule has 1 atom stereocenters. The molecule has 0 aliphatic carbocycles. The van der Waals surface area contributed by atoms with Gasteiger partial charge in [0, 0.05) is 11.6 Å². The molecule has 1 fully saturated rings. The number of benzene rings is 1. The smallest absolute Gasteiger partial charge is 0.246 e. The van der Waals surface area contributed by atoms with Crippen LogP contribution < -0.4 is 5.73 Å². The van der Waals surface area contributed by atoms with Gasteiger partial charge < -0.3 is 5.73 Å². The fourth-order valence-electron chi connectivity index (χ4n) is 2.20. The number of nitrogens with zero attached hydrogens (tertiary/aromatic N) is 1. The third-order valence-electron chi connectivity index (χ3n) is 3.06. The van der Waals surface area contributed by atoms with E-state index >= 15 is 0 Å². The topological polar surface area (TPSA) is 80.5 Å². The molecule has 1 heterocycles. The van der Waals surface area contributed by atoms with E-state index in [1.807, 2.05) is 0 Å². The fraction of sp³-hybridized carbons (Fsp3) is 0.364. The Morgan fingerprint density at radius 2 is 1.80 bits per heavy atom. The molecule has 0 saturated carbocycles. The molecule has 1 aromatic carbocycles. The van der Waals surface area contributed by atoms with Crippen molar-refractivity contribution in [2.75, 3.05) is 6.54 Å². The van der Waals surface area contributed by atoms with E-state index in [1.54, 1.807) is 0 Å². The van der Waals surface area contributed by atoms with Crippen LogP contribution >= 0.6 is 34.8 Å². The number of nitrogens with two attached hydrogens (primary N) is 1. The first-order valence-corrected chi connectivity index (χ1v) is 8.28. The number of amides is 1. The molecule has 1 aliphatic heterocycles. The summed E-state index contributed by atoms with van der Waals surface area (Å²) in [7, 11) is -4.00. The van der Waals surface area contributed by atoms with Gasteiger partial charge in [0.2, 0.25) is 15.9 Å². The van der Waals surface area contributed by atoms with Crippen LogP contribution in [0.5, 0.6) is 0 Å². The molecule has 1 amide bonds. The number of hydrogen-bond acceptors (Lipinski definition) is 3. The molecule has 20 heavy (non-hydrogen) atoms. The van der Waals surface area contributed by atoms with Gasteiger partial charge in [-0.05, 0) is 25.0 Å². The lowest BCUT2D eigenvalue weighted by Gasteiger charge is -2.22. The summed E-state index contributed by atoms with van der Waals surface area (Å²) in [6.45, 7) is 0.200. The van der Waals surface area contributed by atoms with Gasteiger partial charge in [0.1, 0.15) is 10.9 Å². The van der Waals surface area contributed by atoms with Crippen molar-refractivity contribution in [3.05, 3.63) is 27.2 Å². The average molecular weight is 358 g/mol. The molecule has 5 nitrogen and oxygen atoms in total. The summed E-state index contributed by atoms with van der Waals surface area (Å²) in [5, 5.41) is 0.0575. The van der Waals surface area contributed by atoms with Gasteiger partial charge in [-0.15, -0.1) is 0 Å². The summed E-state index contributed by atoms with van der Waals surface area (Å²) >= 11 is 17.6. The van der Waals surface area contributed by atoms with E-state index < -0.39 is 22.0 Å². The van der Waals surface area contributed by atoms with Gasteiger partial charge in [-0.1, -0.05) is 34.8 Å². The van der Waals surface area contributed by atoms with E-state index in [-0.39, 0.29) is 26.5 Å². The summed E-state index contributed by atoms with van der Waals surface area (Å²) in [5.41, 5.74) is 5.23. The second kappa shape index (κ2) is 5.69. The first-order valence-electron chi connectivity index (χ1n) is 5.71. The molecular formula is C11H11Cl3N2O3S. The molecule has 0 radical (unpaired) electrons. The van der Waals surface area contributed by atoms with Crippen molar-refractivity contribution in [3.63, 3.8) is 0 Å². The van der Waals surface area contributed by atoms with E-state index in [2.05, 4.69) is 0 Å². The Morgan fingerprint density at radius 1 is 1.25 bits per heavy atom. The van der Waals surface area contributed by atoms with Gasteiger partial charge in [-0.3, -0.25) is 4.79 Å². The summed E-state index contributed by atoms with van der Waals surface area (Å²) in [4.78, 5) is 11.1. The second-order valence-electron chi connectivity index (χ2n) is 4.37. The predicted molar refractivity (Wildman–Crippen MR) is 77.6 cm³/mol. The van der Waals surface area contributed by atoms with E-state index in [0.717, 1.165) is 4.31 Å². The van der Waals surface area contributed by atoms with E-state index in [1.165, 1.54) is 12.1 Å². The van der Waals surface area contributed by atoms with E-state index in [0.29, 0.717) is 12.8 Å². The number of hydrogen-bond donors (Lipinski definition) is 1. The van der Waals surface area contributed by atoms with Crippen molar-refractivity contribution in [1.29, 1.82) is 0 Å². The highest BCUT2D eigenvalue weighted by molar-refractivity contribution is 7.89. The lowest BCUT2D eigenvalue weighted by molar-refractivity contribution is -0.121. The quantitative estimate of drug-likeness (QED) is 0.901. The number of carbonyl (C=O) groups excluding carboxylic acids is 1. The fourth-order valence-corrected chi connectivity index (χ4v) is 5.37. The number of primary amides is 1. The highest BCUT2D eigenvalue weighted by atomic mass is 35.5. The molecule has 1 aromatic rings. The molecule has 0 spiro atoms. The zero-order chi connectivity index (χ0) is 15.1. The van der Waals surface area contributed by atoms with Crippen molar-refractivity contribution >= 4 is 50.7 Å². The van der Waals surface area contributed by atoms with Gasteiger partial charge in [0.25, 0.3) is 0 Å². The minimum atomic E-state index is -4.00. The van der Waals surface area contributed by atoms with Gasteiger partial charge >= 0.3 is 0 Å². The van der Waals surface area contributed by atoms with Crippen LogP contribution in [0.3, 0.4) is 0 Å². The van der Waals surface area contributed by atoms with Crippen LogP contribution in [0.1, 0.15) is 12.8 Å². The average Bonchev–Trinajstić information content (AvgIpc) is 2.75. The Balaban J connectivity index is 2.54. The van der Waals surface area contributed by atoms with Crippen LogP contribution in [0, 0.1) is 0 Å². The van der Waals surface area contributed by atoms with Crippen LogP contribution in [0.2, 0.25) is 15.1 Å². The maximum atomic E-state index is 12.6. The predicted octanol–water partition coefficient (Wildman–Crippen LogP) is 2.29. The largest absolute Gasteiger partial charge is 0.368 e. The SMILES string of the molecule is NC(=O)C1CCCN1S(=O)(=O)c1c(Cl)cc(Cl)cc1Cl. The Kier molecular flexibility index (Phi) is 4.51. The highest BCUT2D eigenvalue weighted by Gasteiger charge is 2.40. The Hall–Kier alpha value is -0.530. The zero-order valence-corrected chi connectivity index (χ0v) is 13.2. The van der Waals surface area contributed by atoms with Crippen LogP contribution in [-0.2, 0) is 14.8 Å². The monoisotopic (exact) mass is 356 g/mol. The zero-order valence-electron chi connectivity index (χ0n) is 10.1. The Morgan fingerprint density at radius 3 is 2.30 bits per heavy atom. The van der Waals surface area contributed by atoms with Crippen LogP contribution in [0.15, 0.2) is 17.0 Å². The lowest BCUT2D eigenvalue weighted by atomic mass is 10.2. The number of carbonyl (C=O) groups is 1. The molecule has 9 heteroatoms. The van der Waals surface area contributed by atoms with Crippen LogP contribution in [0.25, 0.3) is 0 Å². The minimum Gasteiger partial charge on any atom is -0.368 e.